The molecule has 2 aromatic rings. The van der Waals surface area contributed by atoms with Gasteiger partial charge in [-0.3, -0.25) is 14.3 Å². The molecule has 2 N–H and O–H groups in total. The normalized spacial score (nSPS) is 10.2. The van der Waals surface area contributed by atoms with E-state index in [0.29, 0.717) is 16.3 Å². The summed E-state index contributed by atoms with van der Waals surface area (Å²) in [6.45, 7) is 0. The van der Waals surface area contributed by atoms with Gasteiger partial charge in [0.1, 0.15) is 0 Å². The molecule has 1 aromatic heterocycles. The van der Waals surface area contributed by atoms with Crippen molar-refractivity contribution in [2.45, 2.75) is 0 Å². The number of anilines is 1. The smallest absolute Gasteiger partial charge is 0.273 e. The van der Waals surface area contributed by atoms with Crippen molar-refractivity contribution in [3.63, 3.8) is 0 Å². The first-order chi connectivity index (χ1) is 9.52. The molecule has 0 radical (unpaired) electrons. The third kappa shape index (κ3) is 2.80. The van der Waals surface area contributed by atoms with Gasteiger partial charge in [0.05, 0.1) is 16.3 Å². The fourth-order valence-corrected chi connectivity index (χ4v) is 1.92. The van der Waals surface area contributed by atoms with Crippen molar-refractivity contribution in [1.29, 1.82) is 0 Å². The zero-order valence-electron chi connectivity index (χ0n) is 11.0. The monoisotopic (exact) mass is 292 g/mol. The largest absolute Gasteiger partial charge is 0.354 e. The lowest BCUT2D eigenvalue weighted by Gasteiger charge is -2.06. The Balaban J connectivity index is 2.29. The SMILES string of the molecule is CNC(=O)c1nn(C)cc1NC(=O)c1ccccc1Cl. The first-order valence-corrected chi connectivity index (χ1v) is 6.22. The Morgan fingerprint density at radius 3 is 2.60 bits per heavy atom. The van der Waals surface area contributed by atoms with Crippen LogP contribution >= 0.6 is 11.6 Å². The molecule has 0 unspecified atom stereocenters. The minimum absolute atomic E-state index is 0.149. The van der Waals surface area contributed by atoms with Crippen LogP contribution in [0.15, 0.2) is 30.5 Å². The molecule has 0 aliphatic carbocycles. The molecule has 1 aromatic carbocycles. The van der Waals surface area contributed by atoms with Crippen LogP contribution in [0.5, 0.6) is 0 Å². The highest BCUT2D eigenvalue weighted by Gasteiger charge is 2.18. The second-order valence-electron chi connectivity index (χ2n) is 4.08. The predicted octanol–water partition coefficient (Wildman–Crippen LogP) is 1.69. The number of hydrogen-bond acceptors (Lipinski definition) is 3. The second kappa shape index (κ2) is 5.75. The summed E-state index contributed by atoms with van der Waals surface area (Å²) in [5.41, 5.74) is 0.813. The topological polar surface area (TPSA) is 76.0 Å². The third-order valence-electron chi connectivity index (χ3n) is 2.64. The van der Waals surface area contributed by atoms with Crippen LogP contribution in [0, 0.1) is 0 Å². The summed E-state index contributed by atoms with van der Waals surface area (Å²) in [7, 11) is 3.16. The van der Waals surface area contributed by atoms with E-state index in [4.69, 9.17) is 11.6 Å². The lowest BCUT2D eigenvalue weighted by Crippen LogP contribution is -2.21. The number of nitrogens with zero attached hydrogens (tertiary/aromatic N) is 2. The van der Waals surface area contributed by atoms with Crippen LogP contribution in [0.2, 0.25) is 5.02 Å². The van der Waals surface area contributed by atoms with Crippen LogP contribution in [-0.2, 0) is 7.05 Å². The molecule has 7 heteroatoms. The van der Waals surface area contributed by atoms with E-state index < -0.39 is 5.91 Å². The molecule has 0 aliphatic rings. The van der Waals surface area contributed by atoms with Crippen molar-refractivity contribution in [2.24, 2.45) is 7.05 Å². The maximum absolute atomic E-state index is 12.1. The molecule has 1 heterocycles. The average molecular weight is 293 g/mol. The van der Waals surface area contributed by atoms with Gasteiger partial charge in [0.15, 0.2) is 5.69 Å². The number of carbonyl (C=O) groups excluding carboxylic acids is 2. The van der Waals surface area contributed by atoms with E-state index in [0.717, 1.165) is 0 Å². The predicted molar refractivity (Wildman–Crippen MR) is 76.0 cm³/mol. The zero-order valence-corrected chi connectivity index (χ0v) is 11.7. The molecule has 104 valence electrons. The van der Waals surface area contributed by atoms with E-state index in [1.165, 1.54) is 11.7 Å². The molecule has 0 bridgehead atoms. The van der Waals surface area contributed by atoms with E-state index in [9.17, 15) is 9.59 Å². The van der Waals surface area contributed by atoms with Gasteiger partial charge in [-0.1, -0.05) is 23.7 Å². The van der Waals surface area contributed by atoms with Gasteiger partial charge in [-0.15, -0.1) is 0 Å². The van der Waals surface area contributed by atoms with Crippen LogP contribution in [-0.4, -0.2) is 28.6 Å². The van der Waals surface area contributed by atoms with Gasteiger partial charge < -0.3 is 10.6 Å². The van der Waals surface area contributed by atoms with Crippen LogP contribution in [0.4, 0.5) is 5.69 Å². The molecule has 0 saturated carbocycles. The summed E-state index contributed by atoms with van der Waals surface area (Å²) in [5, 5.41) is 9.45. The minimum atomic E-state index is -0.395. The van der Waals surface area contributed by atoms with Crippen molar-refractivity contribution >= 4 is 29.1 Å². The summed E-state index contributed by atoms with van der Waals surface area (Å²) >= 11 is 5.96. The molecule has 0 aliphatic heterocycles. The molecule has 0 saturated heterocycles. The van der Waals surface area contributed by atoms with Gasteiger partial charge in [0.2, 0.25) is 0 Å². The number of hydrogen-bond donors (Lipinski definition) is 2. The Hall–Kier alpha value is -2.34. The van der Waals surface area contributed by atoms with Crippen molar-refractivity contribution in [3.8, 4) is 0 Å². The summed E-state index contributed by atoms with van der Waals surface area (Å²) in [6.07, 6.45) is 1.55. The Morgan fingerprint density at radius 2 is 1.95 bits per heavy atom. The molecule has 0 fully saturated rings. The van der Waals surface area contributed by atoms with Gasteiger partial charge in [-0.05, 0) is 12.1 Å². The average Bonchev–Trinajstić information content (AvgIpc) is 2.79. The van der Waals surface area contributed by atoms with Crippen LogP contribution < -0.4 is 10.6 Å². The van der Waals surface area contributed by atoms with Gasteiger partial charge in [0, 0.05) is 20.3 Å². The number of aromatic nitrogens is 2. The fraction of sp³-hybridized carbons (Fsp3) is 0.154. The quantitative estimate of drug-likeness (QED) is 0.904. The highest BCUT2D eigenvalue weighted by molar-refractivity contribution is 6.34. The molecule has 2 rings (SSSR count). The number of benzene rings is 1. The second-order valence-corrected chi connectivity index (χ2v) is 4.49. The van der Waals surface area contributed by atoms with Crippen molar-refractivity contribution in [2.75, 3.05) is 12.4 Å². The van der Waals surface area contributed by atoms with Gasteiger partial charge >= 0.3 is 0 Å². The maximum Gasteiger partial charge on any atom is 0.273 e. The number of amides is 2. The van der Waals surface area contributed by atoms with Crippen molar-refractivity contribution in [3.05, 3.63) is 46.7 Å². The lowest BCUT2D eigenvalue weighted by atomic mass is 10.2. The molecule has 20 heavy (non-hydrogen) atoms. The van der Waals surface area contributed by atoms with Crippen LogP contribution in [0.1, 0.15) is 20.8 Å². The summed E-state index contributed by atoms with van der Waals surface area (Å²) < 4.78 is 1.45. The number of aryl methyl sites for hydroxylation is 1. The van der Waals surface area contributed by atoms with Gasteiger partial charge in [-0.2, -0.15) is 5.10 Å². The van der Waals surface area contributed by atoms with E-state index in [-0.39, 0.29) is 11.6 Å². The Bertz CT molecular complexity index is 666. The first kappa shape index (κ1) is 14.1. The van der Waals surface area contributed by atoms with E-state index in [1.54, 1.807) is 37.5 Å². The van der Waals surface area contributed by atoms with Gasteiger partial charge in [0.25, 0.3) is 11.8 Å². The Morgan fingerprint density at radius 1 is 1.25 bits per heavy atom. The number of nitrogens with one attached hydrogen (secondary N) is 2. The third-order valence-corrected chi connectivity index (χ3v) is 2.97. The standard InChI is InChI=1S/C13H13ClN4O2/c1-15-13(20)11-10(7-18(2)17-11)16-12(19)8-5-3-4-6-9(8)14/h3-7H,1-2H3,(H,15,20)(H,16,19). The number of halogens is 1. The molecule has 0 spiro atoms. The zero-order chi connectivity index (χ0) is 14.7. The highest BCUT2D eigenvalue weighted by atomic mass is 35.5. The Kier molecular flexibility index (Phi) is 4.05. The summed E-state index contributed by atoms with van der Waals surface area (Å²) in [5.74, 6) is -0.770. The molecule has 2 amide bonds. The Labute approximate surface area is 120 Å². The minimum Gasteiger partial charge on any atom is -0.354 e. The summed E-state index contributed by atoms with van der Waals surface area (Å²) in [6, 6.07) is 6.68. The molecule has 6 nitrogen and oxygen atoms in total. The lowest BCUT2D eigenvalue weighted by molar-refractivity contribution is 0.0958. The van der Waals surface area contributed by atoms with Crippen molar-refractivity contribution < 1.29 is 9.59 Å². The van der Waals surface area contributed by atoms with Crippen LogP contribution in [0.3, 0.4) is 0 Å². The maximum atomic E-state index is 12.1. The number of carbonyl (C=O) groups is 2. The summed E-state index contributed by atoms with van der Waals surface area (Å²) in [4.78, 5) is 23.8. The van der Waals surface area contributed by atoms with E-state index in [2.05, 4.69) is 15.7 Å². The highest BCUT2D eigenvalue weighted by Crippen LogP contribution is 2.19. The molecular weight excluding hydrogens is 280 g/mol. The van der Waals surface area contributed by atoms with Crippen molar-refractivity contribution in [1.82, 2.24) is 15.1 Å². The van der Waals surface area contributed by atoms with Crippen LogP contribution in [0.25, 0.3) is 0 Å². The fourth-order valence-electron chi connectivity index (χ4n) is 1.70. The molecular formula is C13H13ClN4O2. The number of rotatable bonds is 3. The molecule has 0 atom stereocenters. The van der Waals surface area contributed by atoms with E-state index in [1.807, 2.05) is 0 Å². The first-order valence-electron chi connectivity index (χ1n) is 5.84. The van der Waals surface area contributed by atoms with E-state index >= 15 is 0 Å². The van der Waals surface area contributed by atoms with Gasteiger partial charge in [-0.25, -0.2) is 0 Å².